The molecule has 2 aliphatic heterocycles. The van der Waals surface area contributed by atoms with Crippen LogP contribution in [0.3, 0.4) is 0 Å². The number of rotatable bonds is 5. The number of hydrogen-bond acceptors (Lipinski definition) is 4. The van der Waals surface area contributed by atoms with Crippen LogP contribution >= 0.6 is 0 Å². The Balaban J connectivity index is 1.80. The van der Waals surface area contributed by atoms with Crippen LogP contribution in [0.25, 0.3) is 0 Å². The monoisotopic (exact) mass is 270 g/mol. The van der Waals surface area contributed by atoms with Crippen LogP contribution in [-0.2, 0) is 19.1 Å². The Bertz CT molecular complexity index is 378. The Morgan fingerprint density at radius 2 is 2.26 bits per heavy atom. The molecule has 7 heteroatoms. The van der Waals surface area contributed by atoms with Crippen molar-refractivity contribution in [3.8, 4) is 0 Å². The number of amides is 2. The molecule has 106 valence electrons. The number of carbonyl (C=O) groups excluding carboxylic acids is 2. The standard InChI is InChI=1S/C12H18N2O5/c15-10-4-8(12(18)13-5-11(16)17)6-14(10)7-9-2-1-3-19-9/h8-9H,1-7H2,(H,13,18)(H,16,17). The zero-order valence-corrected chi connectivity index (χ0v) is 10.6. The molecular formula is C12H18N2O5. The number of nitrogens with one attached hydrogen (secondary N) is 1. The minimum atomic E-state index is -1.09. The number of nitrogens with zero attached hydrogens (tertiary/aromatic N) is 1. The van der Waals surface area contributed by atoms with Gasteiger partial charge in [-0.25, -0.2) is 0 Å². The van der Waals surface area contributed by atoms with Crippen LogP contribution < -0.4 is 5.32 Å². The maximum Gasteiger partial charge on any atom is 0.322 e. The highest BCUT2D eigenvalue weighted by molar-refractivity contribution is 5.90. The fourth-order valence-electron chi connectivity index (χ4n) is 2.47. The van der Waals surface area contributed by atoms with E-state index in [0.29, 0.717) is 13.1 Å². The highest BCUT2D eigenvalue weighted by Crippen LogP contribution is 2.21. The molecule has 0 saturated carbocycles. The van der Waals surface area contributed by atoms with Crippen LogP contribution in [0.15, 0.2) is 0 Å². The minimum absolute atomic E-state index is 0.0639. The van der Waals surface area contributed by atoms with Gasteiger partial charge in [-0.2, -0.15) is 0 Å². The number of carbonyl (C=O) groups is 3. The lowest BCUT2D eigenvalue weighted by atomic mass is 10.1. The smallest absolute Gasteiger partial charge is 0.322 e. The van der Waals surface area contributed by atoms with Crippen LogP contribution in [0.2, 0.25) is 0 Å². The average Bonchev–Trinajstić information content (AvgIpc) is 2.98. The van der Waals surface area contributed by atoms with E-state index in [1.807, 2.05) is 0 Å². The van der Waals surface area contributed by atoms with Gasteiger partial charge in [-0.3, -0.25) is 14.4 Å². The molecule has 0 aromatic carbocycles. The van der Waals surface area contributed by atoms with Crippen LogP contribution in [0.5, 0.6) is 0 Å². The minimum Gasteiger partial charge on any atom is -0.480 e. The summed E-state index contributed by atoms with van der Waals surface area (Å²) in [4.78, 5) is 35.5. The Morgan fingerprint density at radius 1 is 1.47 bits per heavy atom. The summed E-state index contributed by atoms with van der Waals surface area (Å²) in [7, 11) is 0. The van der Waals surface area contributed by atoms with E-state index in [0.717, 1.165) is 19.4 Å². The van der Waals surface area contributed by atoms with E-state index in [9.17, 15) is 14.4 Å². The van der Waals surface area contributed by atoms with Crippen molar-refractivity contribution in [3.05, 3.63) is 0 Å². The van der Waals surface area contributed by atoms with Gasteiger partial charge in [0.15, 0.2) is 0 Å². The molecule has 2 N–H and O–H groups in total. The normalized spacial score (nSPS) is 26.7. The fraction of sp³-hybridized carbons (Fsp3) is 0.750. The Hall–Kier alpha value is -1.63. The molecule has 2 heterocycles. The molecule has 0 aromatic heterocycles. The van der Waals surface area contributed by atoms with Gasteiger partial charge in [0.2, 0.25) is 11.8 Å². The molecule has 2 fully saturated rings. The van der Waals surface area contributed by atoms with Crippen molar-refractivity contribution in [2.75, 3.05) is 26.2 Å². The van der Waals surface area contributed by atoms with E-state index < -0.39 is 18.4 Å². The molecule has 0 aromatic rings. The number of ether oxygens (including phenoxy) is 1. The predicted octanol–water partition coefficient (Wildman–Crippen LogP) is -0.785. The van der Waals surface area contributed by atoms with E-state index in [4.69, 9.17) is 9.84 Å². The average molecular weight is 270 g/mol. The number of likely N-dealkylation sites (tertiary alicyclic amines) is 1. The molecule has 2 amide bonds. The Kier molecular flexibility index (Phi) is 4.36. The topological polar surface area (TPSA) is 95.9 Å². The van der Waals surface area contributed by atoms with E-state index in [1.165, 1.54) is 0 Å². The summed E-state index contributed by atoms with van der Waals surface area (Å²) in [6, 6.07) is 0. The maximum absolute atomic E-state index is 11.8. The largest absolute Gasteiger partial charge is 0.480 e. The molecule has 2 unspecified atom stereocenters. The number of aliphatic carboxylic acids is 1. The summed E-state index contributed by atoms with van der Waals surface area (Å²) in [6.07, 6.45) is 2.18. The molecule has 0 bridgehead atoms. The quantitative estimate of drug-likeness (QED) is 0.683. The first-order valence-electron chi connectivity index (χ1n) is 6.45. The van der Waals surface area contributed by atoms with Gasteiger partial charge in [0.25, 0.3) is 0 Å². The van der Waals surface area contributed by atoms with Crippen LogP contribution in [0.1, 0.15) is 19.3 Å². The lowest BCUT2D eigenvalue weighted by Crippen LogP contribution is -2.37. The van der Waals surface area contributed by atoms with E-state index in [-0.39, 0.29) is 24.3 Å². The zero-order chi connectivity index (χ0) is 13.8. The van der Waals surface area contributed by atoms with Crippen LogP contribution in [0.4, 0.5) is 0 Å². The van der Waals surface area contributed by atoms with Gasteiger partial charge in [-0.1, -0.05) is 0 Å². The number of carboxylic acids is 1. The molecule has 2 saturated heterocycles. The summed E-state index contributed by atoms with van der Waals surface area (Å²) in [6.45, 7) is 1.20. The first kappa shape index (κ1) is 13.8. The SMILES string of the molecule is O=C(O)CNC(=O)C1CC(=O)N(CC2CCCO2)C1. The highest BCUT2D eigenvalue weighted by atomic mass is 16.5. The summed E-state index contributed by atoms with van der Waals surface area (Å²) in [5.74, 6) is -1.97. The Morgan fingerprint density at radius 3 is 2.89 bits per heavy atom. The third-order valence-electron chi connectivity index (χ3n) is 3.45. The van der Waals surface area contributed by atoms with Gasteiger partial charge in [0.05, 0.1) is 12.0 Å². The first-order chi connectivity index (χ1) is 9.06. The fourth-order valence-corrected chi connectivity index (χ4v) is 2.47. The number of carboxylic acid groups (broad SMARTS) is 1. The molecule has 0 spiro atoms. The van der Waals surface area contributed by atoms with Crippen molar-refractivity contribution in [1.82, 2.24) is 10.2 Å². The maximum atomic E-state index is 11.8. The molecular weight excluding hydrogens is 252 g/mol. The van der Waals surface area contributed by atoms with E-state index in [2.05, 4.69) is 5.32 Å². The van der Waals surface area contributed by atoms with Crippen molar-refractivity contribution in [2.45, 2.75) is 25.4 Å². The molecule has 0 aliphatic carbocycles. The predicted molar refractivity (Wildman–Crippen MR) is 64.3 cm³/mol. The summed E-state index contributed by atoms with van der Waals surface area (Å²) in [5, 5.41) is 10.8. The van der Waals surface area contributed by atoms with Gasteiger partial charge >= 0.3 is 5.97 Å². The third kappa shape index (κ3) is 3.66. The van der Waals surface area contributed by atoms with Crippen molar-refractivity contribution < 1.29 is 24.2 Å². The van der Waals surface area contributed by atoms with Gasteiger partial charge in [0.1, 0.15) is 6.54 Å². The summed E-state index contributed by atoms with van der Waals surface area (Å²) in [5.41, 5.74) is 0. The third-order valence-corrected chi connectivity index (χ3v) is 3.45. The second-order valence-corrected chi connectivity index (χ2v) is 4.95. The Labute approximate surface area is 110 Å². The van der Waals surface area contributed by atoms with Gasteiger partial charge in [-0.15, -0.1) is 0 Å². The summed E-state index contributed by atoms with van der Waals surface area (Å²) < 4.78 is 5.47. The van der Waals surface area contributed by atoms with Crippen molar-refractivity contribution in [3.63, 3.8) is 0 Å². The zero-order valence-electron chi connectivity index (χ0n) is 10.6. The van der Waals surface area contributed by atoms with Crippen LogP contribution in [0, 0.1) is 5.92 Å². The summed E-state index contributed by atoms with van der Waals surface area (Å²) >= 11 is 0. The molecule has 19 heavy (non-hydrogen) atoms. The molecule has 7 nitrogen and oxygen atoms in total. The highest BCUT2D eigenvalue weighted by Gasteiger charge is 2.35. The van der Waals surface area contributed by atoms with Crippen molar-refractivity contribution >= 4 is 17.8 Å². The molecule has 2 aliphatic rings. The van der Waals surface area contributed by atoms with Gasteiger partial charge < -0.3 is 20.1 Å². The molecule has 0 radical (unpaired) electrons. The lowest BCUT2D eigenvalue weighted by Gasteiger charge is -2.20. The number of hydrogen-bond donors (Lipinski definition) is 2. The van der Waals surface area contributed by atoms with E-state index in [1.54, 1.807) is 4.90 Å². The van der Waals surface area contributed by atoms with Crippen molar-refractivity contribution in [2.24, 2.45) is 5.92 Å². The first-order valence-corrected chi connectivity index (χ1v) is 6.45. The lowest BCUT2D eigenvalue weighted by molar-refractivity contribution is -0.138. The van der Waals surface area contributed by atoms with Crippen LogP contribution in [-0.4, -0.2) is 60.1 Å². The second kappa shape index (κ2) is 6.01. The van der Waals surface area contributed by atoms with Crippen molar-refractivity contribution in [1.29, 1.82) is 0 Å². The van der Waals surface area contributed by atoms with Gasteiger partial charge in [0, 0.05) is 26.1 Å². The molecule has 2 atom stereocenters. The van der Waals surface area contributed by atoms with Gasteiger partial charge in [-0.05, 0) is 12.8 Å². The molecule has 2 rings (SSSR count). The van der Waals surface area contributed by atoms with E-state index >= 15 is 0 Å². The second-order valence-electron chi connectivity index (χ2n) is 4.95.